The molecular weight excluding hydrogens is 392 g/mol. The first kappa shape index (κ1) is 20.2. The molecule has 0 radical (unpaired) electrons. The van der Waals surface area contributed by atoms with Crippen molar-refractivity contribution in [2.24, 2.45) is 0 Å². The standard InChI is InChI=1S/C25H29N2S2/c1-4-15-26-20-11-7-9-13-22(20)28-24(26)17-19(6-3)18-25-27(16-5-2)21-12-8-10-14-23(21)29-25/h7-14,17-18H,4-6,15-16H2,1-3H3/q+1. The van der Waals surface area contributed by atoms with Gasteiger partial charge >= 0.3 is 0 Å². The number of anilines is 1. The van der Waals surface area contributed by atoms with Gasteiger partial charge in [-0.1, -0.05) is 68.1 Å². The molecule has 0 N–H and O–H groups in total. The van der Waals surface area contributed by atoms with Crippen LogP contribution in [0.1, 0.15) is 45.0 Å². The van der Waals surface area contributed by atoms with Crippen molar-refractivity contribution in [3.63, 3.8) is 0 Å². The van der Waals surface area contributed by atoms with Crippen LogP contribution in [0, 0.1) is 0 Å². The predicted octanol–water partition coefficient (Wildman–Crippen LogP) is 7.26. The molecule has 0 amide bonds. The van der Waals surface area contributed by atoms with Crippen LogP contribution in [0.25, 0.3) is 16.3 Å². The predicted molar refractivity (Wildman–Crippen MR) is 129 cm³/mol. The lowest BCUT2D eigenvalue weighted by Gasteiger charge is -2.19. The van der Waals surface area contributed by atoms with Gasteiger partial charge < -0.3 is 4.90 Å². The van der Waals surface area contributed by atoms with Crippen LogP contribution in [0.5, 0.6) is 0 Å². The minimum atomic E-state index is 1.03. The quantitative estimate of drug-likeness (QED) is 0.371. The van der Waals surface area contributed by atoms with E-state index in [1.54, 1.807) is 0 Å². The third-order valence-corrected chi connectivity index (χ3v) is 7.42. The molecule has 0 unspecified atom stereocenters. The van der Waals surface area contributed by atoms with Gasteiger partial charge in [0.15, 0.2) is 0 Å². The maximum atomic E-state index is 2.48. The van der Waals surface area contributed by atoms with Crippen LogP contribution in [0.2, 0.25) is 0 Å². The van der Waals surface area contributed by atoms with E-state index in [4.69, 9.17) is 0 Å². The summed E-state index contributed by atoms with van der Waals surface area (Å²) >= 11 is 3.80. The van der Waals surface area contributed by atoms with Crippen LogP contribution in [-0.4, -0.2) is 6.54 Å². The van der Waals surface area contributed by atoms with Gasteiger partial charge in [0.1, 0.15) is 11.2 Å². The Kier molecular flexibility index (Phi) is 6.41. The molecule has 0 aliphatic carbocycles. The zero-order valence-corrected chi connectivity index (χ0v) is 19.2. The minimum absolute atomic E-state index is 1.03. The van der Waals surface area contributed by atoms with Gasteiger partial charge in [-0.15, -0.1) is 0 Å². The van der Waals surface area contributed by atoms with Gasteiger partial charge in [0.05, 0.1) is 10.7 Å². The molecule has 0 atom stereocenters. The van der Waals surface area contributed by atoms with Gasteiger partial charge in [-0.3, -0.25) is 0 Å². The second-order valence-electron chi connectivity index (χ2n) is 7.34. The van der Waals surface area contributed by atoms with Crippen LogP contribution in [-0.2, 0) is 6.54 Å². The van der Waals surface area contributed by atoms with Crippen molar-refractivity contribution >= 4 is 45.1 Å². The molecule has 3 aromatic rings. The summed E-state index contributed by atoms with van der Waals surface area (Å²) in [5, 5.41) is 2.70. The van der Waals surface area contributed by atoms with E-state index in [1.807, 2.05) is 23.1 Å². The summed E-state index contributed by atoms with van der Waals surface area (Å²) in [6.45, 7) is 8.89. The Hall–Kier alpha value is -2.04. The molecule has 4 heteroatoms. The van der Waals surface area contributed by atoms with E-state index in [-0.39, 0.29) is 0 Å². The number of hydrogen-bond donors (Lipinski definition) is 0. The molecule has 2 heterocycles. The third kappa shape index (κ3) is 4.15. The van der Waals surface area contributed by atoms with Crippen LogP contribution in [0.15, 0.2) is 70.1 Å². The Morgan fingerprint density at radius 3 is 2.59 bits per heavy atom. The second kappa shape index (κ2) is 9.19. The molecule has 2 aromatic carbocycles. The molecular formula is C25H29N2S2+. The molecule has 0 fully saturated rings. The number of thiazole rings is 1. The lowest BCUT2D eigenvalue weighted by molar-refractivity contribution is -0.668. The van der Waals surface area contributed by atoms with E-state index in [0.29, 0.717) is 0 Å². The Morgan fingerprint density at radius 1 is 1.00 bits per heavy atom. The van der Waals surface area contributed by atoms with Crippen LogP contribution >= 0.6 is 23.1 Å². The summed E-state index contributed by atoms with van der Waals surface area (Å²) in [7, 11) is 0. The van der Waals surface area contributed by atoms with E-state index in [1.165, 1.54) is 36.4 Å². The highest BCUT2D eigenvalue weighted by atomic mass is 32.2. The van der Waals surface area contributed by atoms with Crippen molar-refractivity contribution in [3.05, 3.63) is 70.2 Å². The summed E-state index contributed by atoms with van der Waals surface area (Å²) in [5.74, 6) is 0. The molecule has 1 aromatic heterocycles. The van der Waals surface area contributed by atoms with Crippen molar-refractivity contribution in [3.8, 4) is 0 Å². The van der Waals surface area contributed by atoms with Crippen molar-refractivity contribution in [1.29, 1.82) is 0 Å². The Bertz CT molecular complexity index is 1060. The van der Waals surface area contributed by atoms with Gasteiger partial charge in [-0.2, -0.15) is 4.57 Å². The van der Waals surface area contributed by atoms with E-state index in [0.717, 1.165) is 32.4 Å². The molecule has 2 nitrogen and oxygen atoms in total. The van der Waals surface area contributed by atoms with Gasteiger partial charge in [0, 0.05) is 30.0 Å². The number of para-hydroxylation sites is 2. The van der Waals surface area contributed by atoms with Crippen molar-refractivity contribution < 1.29 is 4.57 Å². The average molecular weight is 422 g/mol. The zero-order chi connectivity index (χ0) is 20.2. The molecule has 1 aliphatic rings. The van der Waals surface area contributed by atoms with Crippen LogP contribution in [0.3, 0.4) is 0 Å². The number of allylic oxidation sites excluding steroid dienone is 2. The fourth-order valence-electron chi connectivity index (χ4n) is 3.79. The SMILES string of the molecule is CCCN1/C(=C\C(=C\c2sc3ccccc3[n+]2CCC)CC)Sc2ccccc21. The van der Waals surface area contributed by atoms with E-state index >= 15 is 0 Å². The van der Waals surface area contributed by atoms with Gasteiger partial charge in [0.2, 0.25) is 5.52 Å². The first-order valence-electron chi connectivity index (χ1n) is 10.6. The lowest BCUT2D eigenvalue weighted by Crippen LogP contribution is -2.34. The number of aromatic nitrogens is 1. The first-order chi connectivity index (χ1) is 14.2. The minimum Gasteiger partial charge on any atom is -0.335 e. The number of nitrogens with zero attached hydrogens (tertiary/aromatic N) is 2. The Labute approximate surface area is 182 Å². The molecule has 0 saturated carbocycles. The normalized spacial score (nSPS) is 15.5. The van der Waals surface area contributed by atoms with Crippen LogP contribution < -0.4 is 9.47 Å². The summed E-state index contributed by atoms with van der Waals surface area (Å²) in [6.07, 6.45) is 8.12. The third-order valence-electron chi connectivity index (χ3n) is 5.19. The largest absolute Gasteiger partial charge is 0.335 e. The number of benzene rings is 2. The molecule has 0 spiro atoms. The Morgan fingerprint density at radius 2 is 1.79 bits per heavy atom. The zero-order valence-electron chi connectivity index (χ0n) is 17.5. The fourth-order valence-corrected chi connectivity index (χ4v) is 6.12. The molecule has 29 heavy (non-hydrogen) atoms. The summed E-state index contributed by atoms with van der Waals surface area (Å²) in [5.41, 5.74) is 4.09. The highest BCUT2D eigenvalue weighted by molar-refractivity contribution is 8.03. The maximum absolute atomic E-state index is 2.48. The van der Waals surface area contributed by atoms with Gasteiger partial charge in [-0.25, -0.2) is 0 Å². The smallest absolute Gasteiger partial charge is 0.263 e. The molecule has 4 rings (SSSR count). The molecule has 0 bridgehead atoms. The van der Waals surface area contributed by atoms with Crippen molar-refractivity contribution in [2.75, 3.05) is 11.4 Å². The Balaban J connectivity index is 1.74. The average Bonchev–Trinajstić information content (AvgIpc) is 3.26. The number of thioether (sulfide) groups is 1. The van der Waals surface area contributed by atoms with Crippen LogP contribution in [0.4, 0.5) is 5.69 Å². The maximum Gasteiger partial charge on any atom is 0.263 e. The monoisotopic (exact) mass is 421 g/mol. The van der Waals surface area contributed by atoms with Crippen molar-refractivity contribution in [1.82, 2.24) is 0 Å². The first-order valence-corrected chi connectivity index (χ1v) is 12.3. The van der Waals surface area contributed by atoms with E-state index in [2.05, 4.69) is 90.9 Å². The highest BCUT2D eigenvalue weighted by Gasteiger charge is 2.24. The topological polar surface area (TPSA) is 7.12 Å². The lowest BCUT2D eigenvalue weighted by atomic mass is 10.2. The summed E-state index contributed by atoms with van der Waals surface area (Å²) in [6, 6.07) is 17.5. The summed E-state index contributed by atoms with van der Waals surface area (Å²) in [4.78, 5) is 3.85. The fraction of sp³-hybridized carbons (Fsp3) is 0.320. The van der Waals surface area contributed by atoms with E-state index < -0.39 is 0 Å². The number of hydrogen-bond acceptors (Lipinski definition) is 3. The number of aryl methyl sites for hydroxylation is 1. The second-order valence-corrected chi connectivity index (χ2v) is 9.46. The highest BCUT2D eigenvalue weighted by Crippen LogP contribution is 2.46. The van der Waals surface area contributed by atoms with Gasteiger partial charge in [0.25, 0.3) is 5.01 Å². The molecule has 150 valence electrons. The van der Waals surface area contributed by atoms with Crippen molar-refractivity contribution in [2.45, 2.75) is 51.5 Å². The van der Waals surface area contributed by atoms with E-state index in [9.17, 15) is 0 Å². The molecule has 0 saturated heterocycles. The molecule has 1 aliphatic heterocycles. The number of fused-ring (bicyclic) bond motifs is 2. The van der Waals surface area contributed by atoms with Gasteiger partial charge in [-0.05, 0) is 42.7 Å². The number of rotatable bonds is 7. The summed E-state index contributed by atoms with van der Waals surface area (Å²) < 4.78 is 3.85.